The number of nitrogens with zero attached hydrogens (tertiary/aromatic N) is 1. The molecule has 0 aliphatic carbocycles. The third-order valence-corrected chi connectivity index (χ3v) is 3.78. The number of benzene rings is 1. The molecule has 0 aromatic heterocycles. The van der Waals surface area contributed by atoms with E-state index in [0.717, 1.165) is 19.0 Å². The summed E-state index contributed by atoms with van der Waals surface area (Å²) in [6.45, 7) is 4.17. The Morgan fingerprint density at radius 1 is 1.35 bits per heavy atom. The fourth-order valence-electron chi connectivity index (χ4n) is 2.74. The van der Waals surface area contributed by atoms with Crippen LogP contribution in [0.4, 0.5) is 23.2 Å². The Kier molecular flexibility index (Phi) is 3.95. The number of nitrogens with one attached hydrogen (secondary N) is 1. The maximum absolute atomic E-state index is 13.9. The Bertz CT molecular complexity index is 487. The highest BCUT2D eigenvalue weighted by atomic mass is 19.4. The van der Waals surface area contributed by atoms with Crippen LogP contribution >= 0.6 is 0 Å². The van der Waals surface area contributed by atoms with Gasteiger partial charge in [-0.25, -0.2) is 4.39 Å². The number of hydrogen-bond donors (Lipinski definition) is 1. The minimum atomic E-state index is -4.51. The first-order valence-corrected chi connectivity index (χ1v) is 6.51. The van der Waals surface area contributed by atoms with Crippen molar-refractivity contribution in [1.29, 1.82) is 0 Å². The van der Waals surface area contributed by atoms with E-state index in [1.165, 1.54) is 6.07 Å². The zero-order valence-corrected chi connectivity index (χ0v) is 11.5. The molecule has 112 valence electrons. The van der Waals surface area contributed by atoms with Gasteiger partial charge < -0.3 is 10.2 Å². The lowest BCUT2D eigenvalue weighted by atomic mass is 9.90. The smallest absolute Gasteiger partial charge is 0.369 e. The van der Waals surface area contributed by atoms with Gasteiger partial charge in [0.25, 0.3) is 0 Å². The molecule has 0 saturated carbocycles. The third kappa shape index (κ3) is 3.06. The minimum Gasteiger partial charge on any atom is -0.369 e. The Hall–Kier alpha value is -1.30. The molecule has 0 bridgehead atoms. The van der Waals surface area contributed by atoms with Crippen molar-refractivity contribution in [2.45, 2.75) is 19.5 Å². The average Bonchev–Trinajstić information content (AvgIpc) is 2.70. The lowest BCUT2D eigenvalue weighted by Crippen LogP contribution is -2.33. The molecule has 0 spiro atoms. The van der Waals surface area contributed by atoms with Crippen LogP contribution in [0.2, 0.25) is 0 Å². The van der Waals surface area contributed by atoms with Crippen LogP contribution in [0, 0.1) is 11.2 Å². The first kappa shape index (κ1) is 15.1. The van der Waals surface area contributed by atoms with Crippen molar-refractivity contribution in [2.75, 3.05) is 31.6 Å². The first-order chi connectivity index (χ1) is 9.25. The molecule has 20 heavy (non-hydrogen) atoms. The van der Waals surface area contributed by atoms with Crippen LogP contribution in [0.5, 0.6) is 0 Å². The molecular formula is C14H18F4N2. The van der Waals surface area contributed by atoms with Gasteiger partial charge in [0.05, 0.1) is 11.3 Å². The number of alkyl halides is 3. The van der Waals surface area contributed by atoms with Gasteiger partial charge in [0.1, 0.15) is 5.82 Å². The highest BCUT2D eigenvalue weighted by Crippen LogP contribution is 2.36. The lowest BCUT2D eigenvalue weighted by Gasteiger charge is -2.25. The average molecular weight is 290 g/mol. The van der Waals surface area contributed by atoms with E-state index < -0.39 is 17.6 Å². The molecule has 1 heterocycles. The summed E-state index contributed by atoms with van der Waals surface area (Å²) in [5.41, 5.74) is -0.682. The van der Waals surface area contributed by atoms with E-state index in [1.54, 1.807) is 0 Å². The molecular weight excluding hydrogens is 272 g/mol. The summed E-state index contributed by atoms with van der Waals surface area (Å²) in [7, 11) is 1.85. The highest BCUT2D eigenvalue weighted by Gasteiger charge is 2.35. The van der Waals surface area contributed by atoms with Crippen LogP contribution < -0.4 is 10.2 Å². The molecule has 1 saturated heterocycles. The van der Waals surface area contributed by atoms with Gasteiger partial charge in [0, 0.05) is 19.6 Å². The van der Waals surface area contributed by atoms with E-state index >= 15 is 0 Å². The second kappa shape index (κ2) is 5.24. The van der Waals surface area contributed by atoms with Gasteiger partial charge >= 0.3 is 6.18 Å². The van der Waals surface area contributed by atoms with E-state index in [1.807, 2.05) is 11.9 Å². The zero-order chi connectivity index (χ0) is 15.0. The molecule has 1 aromatic rings. The van der Waals surface area contributed by atoms with Crippen LogP contribution in [0.3, 0.4) is 0 Å². The largest absolute Gasteiger partial charge is 0.416 e. The first-order valence-electron chi connectivity index (χ1n) is 6.51. The van der Waals surface area contributed by atoms with E-state index in [9.17, 15) is 17.6 Å². The summed E-state index contributed by atoms with van der Waals surface area (Å²) < 4.78 is 51.4. The van der Waals surface area contributed by atoms with Gasteiger partial charge in [-0.15, -0.1) is 0 Å². The van der Waals surface area contributed by atoms with Crippen molar-refractivity contribution in [3.05, 3.63) is 29.6 Å². The third-order valence-electron chi connectivity index (χ3n) is 3.78. The Balaban J connectivity index is 2.19. The summed E-state index contributed by atoms with van der Waals surface area (Å²) in [4.78, 5) is 1.81. The quantitative estimate of drug-likeness (QED) is 0.859. The van der Waals surface area contributed by atoms with E-state index in [2.05, 4.69) is 12.2 Å². The van der Waals surface area contributed by atoms with Crippen molar-refractivity contribution in [3.8, 4) is 0 Å². The van der Waals surface area contributed by atoms with Gasteiger partial charge in [0.15, 0.2) is 0 Å². The van der Waals surface area contributed by atoms with Crippen LogP contribution in [-0.2, 0) is 6.18 Å². The van der Waals surface area contributed by atoms with Crippen molar-refractivity contribution in [3.63, 3.8) is 0 Å². The normalized spacial score (nSPS) is 23.4. The predicted molar refractivity (Wildman–Crippen MR) is 70.3 cm³/mol. The summed E-state index contributed by atoms with van der Waals surface area (Å²) in [6.07, 6.45) is -3.63. The topological polar surface area (TPSA) is 15.3 Å². The lowest BCUT2D eigenvalue weighted by molar-refractivity contribution is -0.137. The van der Waals surface area contributed by atoms with Gasteiger partial charge in [-0.05, 0) is 37.1 Å². The summed E-state index contributed by atoms with van der Waals surface area (Å²) >= 11 is 0. The number of anilines is 1. The van der Waals surface area contributed by atoms with E-state index in [4.69, 9.17) is 0 Å². The van der Waals surface area contributed by atoms with Gasteiger partial charge in [-0.3, -0.25) is 0 Å². The summed E-state index contributed by atoms with van der Waals surface area (Å²) in [5, 5.41) is 3.10. The second-order valence-electron chi connectivity index (χ2n) is 5.68. The van der Waals surface area contributed by atoms with Gasteiger partial charge in [-0.2, -0.15) is 13.2 Å². The van der Waals surface area contributed by atoms with Crippen LogP contribution in [0.15, 0.2) is 18.2 Å². The fraction of sp³-hybridized carbons (Fsp3) is 0.571. The molecule has 1 aliphatic rings. The van der Waals surface area contributed by atoms with Crippen LogP contribution in [-0.4, -0.2) is 26.7 Å². The van der Waals surface area contributed by atoms with Crippen molar-refractivity contribution < 1.29 is 17.6 Å². The molecule has 2 nitrogen and oxygen atoms in total. The maximum atomic E-state index is 13.9. The standard InChI is InChI=1S/C14H18F4N2/c1-13(8-19-2)5-6-20(9-13)12-4-3-10(7-11(12)15)14(16,17)18/h3-4,7,19H,5-6,8-9H2,1-2H3. The number of hydrogen-bond acceptors (Lipinski definition) is 2. The molecule has 2 rings (SSSR count). The molecule has 1 unspecified atom stereocenters. The number of rotatable bonds is 3. The van der Waals surface area contributed by atoms with Gasteiger partial charge in [0.2, 0.25) is 0 Å². The molecule has 1 aromatic carbocycles. The Morgan fingerprint density at radius 2 is 2.05 bits per heavy atom. The minimum absolute atomic E-state index is 0.0177. The molecule has 1 N–H and O–H groups in total. The maximum Gasteiger partial charge on any atom is 0.416 e. The van der Waals surface area contributed by atoms with E-state index in [0.29, 0.717) is 19.2 Å². The summed E-state index contributed by atoms with van der Waals surface area (Å²) in [6, 6.07) is 2.73. The van der Waals surface area contributed by atoms with Crippen LogP contribution in [0.25, 0.3) is 0 Å². The molecule has 1 fully saturated rings. The second-order valence-corrected chi connectivity index (χ2v) is 5.68. The molecule has 6 heteroatoms. The monoisotopic (exact) mass is 290 g/mol. The van der Waals surface area contributed by atoms with E-state index in [-0.39, 0.29) is 11.1 Å². The summed E-state index contributed by atoms with van der Waals surface area (Å²) in [5.74, 6) is -0.812. The Morgan fingerprint density at radius 3 is 2.60 bits per heavy atom. The molecule has 0 amide bonds. The van der Waals surface area contributed by atoms with Crippen molar-refractivity contribution in [1.82, 2.24) is 5.32 Å². The highest BCUT2D eigenvalue weighted by molar-refractivity contribution is 5.50. The van der Waals surface area contributed by atoms with Crippen molar-refractivity contribution in [2.24, 2.45) is 5.41 Å². The van der Waals surface area contributed by atoms with Crippen LogP contribution in [0.1, 0.15) is 18.9 Å². The SMILES string of the molecule is CNCC1(C)CCN(c2ccc(C(F)(F)F)cc2F)C1. The zero-order valence-electron chi connectivity index (χ0n) is 11.5. The number of halogens is 4. The molecule has 1 aliphatic heterocycles. The Labute approximate surface area is 115 Å². The molecule has 0 radical (unpaired) electrons. The molecule has 1 atom stereocenters. The van der Waals surface area contributed by atoms with Crippen molar-refractivity contribution >= 4 is 5.69 Å². The van der Waals surface area contributed by atoms with Gasteiger partial charge in [-0.1, -0.05) is 6.92 Å². The predicted octanol–water partition coefficient (Wildman–Crippen LogP) is 3.28. The fourth-order valence-corrected chi connectivity index (χ4v) is 2.74.